The molecule has 8 heteroatoms. The van der Waals surface area contributed by atoms with Crippen molar-refractivity contribution in [2.45, 2.75) is 32.2 Å². The molecular weight excluding hydrogens is 332 g/mol. The second-order valence-electron chi connectivity index (χ2n) is 5.95. The van der Waals surface area contributed by atoms with E-state index in [0.29, 0.717) is 26.1 Å². The third kappa shape index (κ3) is 4.78. The molecule has 1 aromatic rings. The van der Waals surface area contributed by atoms with E-state index in [0.717, 1.165) is 4.88 Å². The SMILES string of the molecule is CC(=O)NC(CC(=O)NCC1(C(=O)O)CCOCC1)c1cccs1. The maximum absolute atomic E-state index is 12.3. The van der Waals surface area contributed by atoms with E-state index in [1.807, 2.05) is 17.5 Å². The summed E-state index contributed by atoms with van der Waals surface area (Å²) in [6, 6.07) is 3.31. The molecule has 1 aromatic heterocycles. The van der Waals surface area contributed by atoms with Crippen LogP contribution in [0.2, 0.25) is 0 Å². The summed E-state index contributed by atoms with van der Waals surface area (Å²) in [5, 5.41) is 16.8. The summed E-state index contributed by atoms with van der Waals surface area (Å²) in [5.74, 6) is -1.41. The molecule has 2 rings (SSSR count). The third-order valence-corrected chi connectivity index (χ3v) is 5.17. The minimum Gasteiger partial charge on any atom is -0.481 e. The monoisotopic (exact) mass is 354 g/mol. The second kappa shape index (κ2) is 8.25. The molecule has 2 amide bonds. The number of thiophene rings is 1. The van der Waals surface area contributed by atoms with Crippen molar-refractivity contribution in [2.75, 3.05) is 19.8 Å². The highest BCUT2D eigenvalue weighted by Crippen LogP contribution is 2.30. The summed E-state index contributed by atoms with van der Waals surface area (Å²) in [6.45, 7) is 2.24. The van der Waals surface area contributed by atoms with E-state index in [2.05, 4.69) is 10.6 Å². The van der Waals surface area contributed by atoms with Crippen LogP contribution in [0.15, 0.2) is 17.5 Å². The van der Waals surface area contributed by atoms with Crippen LogP contribution in [0.5, 0.6) is 0 Å². The number of carbonyl (C=O) groups excluding carboxylic acids is 2. The number of carbonyl (C=O) groups is 3. The molecule has 7 nitrogen and oxygen atoms in total. The van der Waals surface area contributed by atoms with Crippen LogP contribution >= 0.6 is 11.3 Å². The van der Waals surface area contributed by atoms with Gasteiger partial charge in [-0.2, -0.15) is 0 Å². The highest BCUT2D eigenvalue weighted by Gasteiger charge is 2.40. The summed E-state index contributed by atoms with van der Waals surface area (Å²) in [4.78, 5) is 36.1. The van der Waals surface area contributed by atoms with E-state index in [4.69, 9.17) is 4.74 Å². The summed E-state index contributed by atoms with van der Waals surface area (Å²) in [7, 11) is 0. The zero-order valence-corrected chi connectivity index (χ0v) is 14.4. The van der Waals surface area contributed by atoms with E-state index < -0.39 is 17.4 Å². The first kappa shape index (κ1) is 18.4. The summed E-state index contributed by atoms with van der Waals surface area (Å²) in [5.41, 5.74) is -0.972. The van der Waals surface area contributed by atoms with Crippen molar-refractivity contribution >= 4 is 29.1 Å². The van der Waals surface area contributed by atoms with Crippen LogP contribution in [0.25, 0.3) is 0 Å². The van der Waals surface area contributed by atoms with Crippen molar-refractivity contribution in [1.29, 1.82) is 0 Å². The van der Waals surface area contributed by atoms with Crippen molar-refractivity contribution < 1.29 is 24.2 Å². The van der Waals surface area contributed by atoms with Crippen LogP contribution in [-0.2, 0) is 19.1 Å². The third-order valence-electron chi connectivity index (χ3n) is 4.18. The Morgan fingerprint density at radius 3 is 2.62 bits per heavy atom. The largest absolute Gasteiger partial charge is 0.481 e. The summed E-state index contributed by atoms with van der Waals surface area (Å²) < 4.78 is 5.22. The average Bonchev–Trinajstić information content (AvgIpc) is 3.07. The van der Waals surface area contributed by atoms with Gasteiger partial charge >= 0.3 is 5.97 Å². The molecular formula is C16H22N2O5S. The Labute approximate surface area is 144 Å². The first-order valence-corrected chi connectivity index (χ1v) is 8.69. The number of amides is 2. The minimum atomic E-state index is -0.972. The first-order chi connectivity index (χ1) is 11.4. The normalized spacial score (nSPS) is 17.7. The molecule has 1 saturated heterocycles. The molecule has 1 aliphatic rings. The second-order valence-corrected chi connectivity index (χ2v) is 6.93. The van der Waals surface area contributed by atoms with Gasteiger partial charge < -0.3 is 20.5 Å². The number of aliphatic carboxylic acids is 1. The Balaban J connectivity index is 1.95. The van der Waals surface area contributed by atoms with Crippen molar-refractivity contribution in [3.8, 4) is 0 Å². The number of hydrogen-bond acceptors (Lipinski definition) is 5. The highest BCUT2D eigenvalue weighted by molar-refractivity contribution is 7.10. The molecule has 0 saturated carbocycles. The van der Waals surface area contributed by atoms with E-state index in [9.17, 15) is 19.5 Å². The van der Waals surface area contributed by atoms with Crippen LogP contribution in [0.1, 0.15) is 37.1 Å². The van der Waals surface area contributed by atoms with Gasteiger partial charge in [-0.05, 0) is 24.3 Å². The van der Waals surface area contributed by atoms with E-state index in [-0.39, 0.29) is 24.8 Å². The van der Waals surface area contributed by atoms with E-state index >= 15 is 0 Å². The van der Waals surface area contributed by atoms with Crippen molar-refractivity contribution in [3.63, 3.8) is 0 Å². The standard InChI is InChI=1S/C16H22N2O5S/c1-11(19)18-12(13-3-2-8-24-13)9-14(20)17-10-16(15(21)22)4-6-23-7-5-16/h2-3,8,12H,4-7,9-10H2,1H3,(H,17,20)(H,18,19)(H,21,22). The molecule has 0 radical (unpaired) electrons. The van der Waals surface area contributed by atoms with Crippen molar-refractivity contribution in [1.82, 2.24) is 10.6 Å². The molecule has 1 fully saturated rings. The van der Waals surface area contributed by atoms with Gasteiger partial charge in [0.2, 0.25) is 11.8 Å². The first-order valence-electron chi connectivity index (χ1n) is 7.81. The molecule has 2 heterocycles. The Hall–Kier alpha value is -1.93. The predicted octanol–water partition coefficient (Wildman–Crippen LogP) is 1.31. The maximum Gasteiger partial charge on any atom is 0.311 e. The fourth-order valence-electron chi connectivity index (χ4n) is 2.71. The van der Waals surface area contributed by atoms with Gasteiger partial charge in [-0.3, -0.25) is 14.4 Å². The molecule has 0 bridgehead atoms. The Morgan fingerprint density at radius 2 is 2.08 bits per heavy atom. The topological polar surface area (TPSA) is 105 Å². The van der Waals surface area contributed by atoms with Crippen LogP contribution in [0.4, 0.5) is 0 Å². The molecule has 0 aromatic carbocycles. The smallest absolute Gasteiger partial charge is 0.311 e. The van der Waals surface area contributed by atoms with Crippen LogP contribution in [0.3, 0.4) is 0 Å². The van der Waals surface area contributed by atoms with Gasteiger partial charge in [-0.1, -0.05) is 6.07 Å². The lowest BCUT2D eigenvalue weighted by Crippen LogP contribution is -2.47. The summed E-state index contributed by atoms with van der Waals surface area (Å²) >= 11 is 1.46. The van der Waals surface area contributed by atoms with Gasteiger partial charge in [0.1, 0.15) is 0 Å². The molecule has 0 spiro atoms. The van der Waals surface area contributed by atoms with Crippen molar-refractivity contribution in [2.24, 2.45) is 5.41 Å². The molecule has 0 aliphatic carbocycles. The molecule has 24 heavy (non-hydrogen) atoms. The van der Waals surface area contributed by atoms with Crippen molar-refractivity contribution in [3.05, 3.63) is 22.4 Å². The molecule has 3 N–H and O–H groups in total. The quantitative estimate of drug-likeness (QED) is 0.685. The zero-order chi connectivity index (χ0) is 17.6. The number of ether oxygens (including phenoxy) is 1. The lowest BCUT2D eigenvalue weighted by molar-refractivity contribution is -0.154. The van der Waals surface area contributed by atoms with Gasteiger partial charge in [0.05, 0.1) is 17.9 Å². The van der Waals surface area contributed by atoms with Crippen LogP contribution in [-0.4, -0.2) is 42.6 Å². The Bertz CT molecular complexity index is 581. The van der Waals surface area contributed by atoms with Crippen LogP contribution in [0, 0.1) is 5.41 Å². The fourth-order valence-corrected chi connectivity index (χ4v) is 3.49. The van der Waals surface area contributed by atoms with Gasteiger partial charge in [0.15, 0.2) is 0 Å². The molecule has 132 valence electrons. The number of rotatable bonds is 7. The molecule has 1 atom stereocenters. The average molecular weight is 354 g/mol. The lowest BCUT2D eigenvalue weighted by Gasteiger charge is -2.33. The minimum absolute atomic E-state index is 0.0712. The van der Waals surface area contributed by atoms with Gasteiger partial charge in [0, 0.05) is 31.6 Å². The van der Waals surface area contributed by atoms with E-state index in [1.165, 1.54) is 18.3 Å². The Kier molecular flexibility index (Phi) is 6.33. The Morgan fingerprint density at radius 1 is 1.38 bits per heavy atom. The number of nitrogens with one attached hydrogen (secondary N) is 2. The summed E-state index contributed by atoms with van der Waals surface area (Å²) in [6.07, 6.45) is 0.831. The molecule has 1 aliphatic heterocycles. The maximum atomic E-state index is 12.3. The fraction of sp³-hybridized carbons (Fsp3) is 0.562. The lowest BCUT2D eigenvalue weighted by atomic mass is 9.80. The highest BCUT2D eigenvalue weighted by atomic mass is 32.1. The molecule has 1 unspecified atom stereocenters. The van der Waals surface area contributed by atoms with Gasteiger partial charge in [-0.25, -0.2) is 0 Å². The van der Waals surface area contributed by atoms with Crippen LogP contribution < -0.4 is 10.6 Å². The number of hydrogen-bond donors (Lipinski definition) is 3. The number of carboxylic acids is 1. The number of carboxylic acid groups (broad SMARTS) is 1. The van der Waals surface area contributed by atoms with Gasteiger partial charge in [0.25, 0.3) is 0 Å². The predicted molar refractivity (Wildman–Crippen MR) is 88.6 cm³/mol. The van der Waals surface area contributed by atoms with Gasteiger partial charge in [-0.15, -0.1) is 11.3 Å². The zero-order valence-electron chi connectivity index (χ0n) is 13.5. The van der Waals surface area contributed by atoms with E-state index in [1.54, 1.807) is 0 Å².